The maximum atomic E-state index is 12.2. The first-order valence-corrected chi connectivity index (χ1v) is 8.34. The summed E-state index contributed by atoms with van der Waals surface area (Å²) >= 11 is 1.75. The Bertz CT molecular complexity index is 437. The van der Waals surface area contributed by atoms with Crippen LogP contribution < -0.4 is 11.1 Å². The maximum absolute atomic E-state index is 12.2. The van der Waals surface area contributed by atoms with Gasteiger partial charge in [-0.25, -0.2) is 0 Å². The van der Waals surface area contributed by atoms with Crippen molar-refractivity contribution in [2.75, 3.05) is 12.3 Å². The molecule has 0 aromatic heterocycles. The fraction of sp³-hybridized carbons (Fsp3) is 0.562. The molecule has 1 fully saturated rings. The quantitative estimate of drug-likeness (QED) is 0.648. The third kappa shape index (κ3) is 4.25. The fourth-order valence-corrected chi connectivity index (χ4v) is 3.61. The number of hydrogen-bond acceptors (Lipinski definition) is 3. The van der Waals surface area contributed by atoms with E-state index in [1.54, 1.807) is 11.8 Å². The molecule has 0 saturated heterocycles. The molecule has 1 saturated carbocycles. The summed E-state index contributed by atoms with van der Waals surface area (Å²) in [6.45, 7) is 2.85. The highest BCUT2D eigenvalue weighted by Gasteiger charge is 2.37. The van der Waals surface area contributed by atoms with Crippen LogP contribution >= 0.6 is 11.8 Å². The Morgan fingerprint density at radius 3 is 2.90 bits per heavy atom. The molecule has 3 N–H and O–H groups in total. The number of benzene rings is 1. The average Bonchev–Trinajstić information content (AvgIpc) is 2.44. The minimum Gasteiger partial charge on any atom is -0.354 e. The first-order chi connectivity index (χ1) is 9.60. The Hall–Kier alpha value is -1.00. The fourth-order valence-electron chi connectivity index (χ4n) is 2.82. The van der Waals surface area contributed by atoms with Gasteiger partial charge in [-0.3, -0.25) is 4.79 Å². The van der Waals surface area contributed by atoms with Crippen molar-refractivity contribution in [2.24, 2.45) is 11.7 Å². The molecule has 2 atom stereocenters. The zero-order valence-electron chi connectivity index (χ0n) is 12.1. The van der Waals surface area contributed by atoms with E-state index in [4.69, 9.17) is 5.73 Å². The SMILES string of the molecule is CC1CCCC(N)(C(=O)NCCSc2ccccc2)C1. The predicted octanol–water partition coefficient (Wildman–Crippen LogP) is 2.80. The van der Waals surface area contributed by atoms with E-state index in [9.17, 15) is 4.79 Å². The molecule has 2 unspecified atom stereocenters. The van der Waals surface area contributed by atoms with E-state index < -0.39 is 5.54 Å². The lowest BCUT2D eigenvalue weighted by molar-refractivity contribution is -0.127. The second-order valence-corrected chi connectivity index (χ2v) is 6.94. The lowest BCUT2D eigenvalue weighted by Crippen LogP contribution is -2.56. The Labute approximate surface area is 125 Å². The summed E-state index contributed by atoms with van der Waals surface area (Å²) in [7, 11) is 0. The molecular weight excluding hydrogens is 268 g/mol. The Balaban J connectivity index is 1.72. The van der Waals surface area contributed by atoms with Crippen LogP contribution in [0.15, 0.2) is 35.2 Å². The standard InChI is InChI=1S/C16H24N2OS/c1-13-6-5-9-16(17,12-13)15(19)18-10-11-20-14-7-3-2-4-8-14/h2-4,7-8,13H,5-6,9-12,17H2,1H3,(H,18,19). The monoisotopic (exact) mass is 292 g/mol. The second-order valence-electron chi connectivity index (χ2n) is 5.78. The molecule has 110 valence electrons. The van der Waals surface area contributed by atoms with Crippen LogP contribution in [0.5, 0.6) is 0 Å². The van der Waals surface area contributed by atoms with Gasteiger partial charge in [-0.15, -0.1) is 11.8 Å². The summed E-state index contributed by atoms with van der Waals surface area (Å²) in [6, 6.07) is 10.2. The van der Waals surface area contributed by atoms with E-state index in [-0.39, 0.29) is 5.91 Å². The molecule has 1 aliphatic carbocycles. The number of rotatable bonds is 5. The van der Waals surface area contributed by atoms with E-state index in [1.807, 2.05) is 18.2 Å². The highest BCUT2D eigenvalue weighted by molar-refractivity contribution is 7.99. The zero-order valence-corrected chi connectivity index (χ0v) is 12.9. The molecule has 4 heteroatoms. The van der Waals surface area contributed by atoms with Crippen LogP contribution in [0, 0.1) is 5.92 Å². The maximum Gasteiger partial charge on any atom is 0.240 e. The van der Waals surface area contributed by atoms with Crippen LogP contribution in [-0.2, 0) is 4.79 Å². The van der Waals surface area contributed by atoms with Crippen LogP contribution in [0.25, 0.3) is 0 Å². The smallest absolute Gasteiger partial charge is 0.240 e. The lowest BCUT2D eigenvalue weighted by Gasteiger charge is -2.35. The van der Waals surface area contributed by atoms with Gasteiger partial charge in [-0.05, 0) is 30.9 Å². The molecule has 20 heavy (non-hydrogen) atoms. The van der Waals surface area contributed by atoms with Crippen LogP contribution in [0.2, 0.25) is 0 Å². The number of nitrogens with two attached hydrogens (primary N) is 1. The second kappa shape index (κ2) is 7.14. The minimum absolute atomic E-state index is 0.0257. The van der Waals surface area contributed by atoms with Gasteiger partial charge < -0.3 is 11.1 Å². The van der Waals surface area contributed by atoms with Gasteiger partial charge in [0.05, 0.1) is 5.54 Å². The van der Waals surface area contributed by atoms with E-state index in [0.717, 1.165) is 25.0 Å². The Morgan fingerprint density at radius 2 is 2.20 bits per heavy atom. The number of thioether (sulfide) groups is 1. The van der Waals surface area contributed by atoms with Gasteiger partial charge >= 0.3 is 0 Å². The van der Waals surface area contributed by atoms with Crippen molar-refractivity contribution >= 4 is 17.7 Å². The van der Waals surface area contributed by atoms with Crippen molar-refractivity contribution in [1.82, 2.24) is 5.32 Å². The van der Waals surface area contributed by atoms with Crippen LogP contribution in [0.4, 0.5) is 0 Å². The van der Waals surface area contributed by atoms with Crippen LogP contribution in [0.1, 0.15) is 32.6 Å². The van der Waals surface area contributed by atoms with Gasteiger partial charge in [-0.1, -0.05) is 38.0 Å². The first-order valence-electron chi connectivity index (χ1n) is 7.35. The molecule has 1 aromatic rings. The van der Waals surface area contributed by atoms with Gasteiger partial charge in [0.1, 0.15) is 0 Å². The lowest BCUT2D eigenvalue weighted by atomic mass is 9.76. The molecule has 2 rings (SSSR count). The molecule has 0 radical (unpaired) electrons. The summed E-state index contributed by atoms with van der Waals surface area (Å²) in [6.07, 6.45) is 3.87. The summed E-state index contributed by atoms with van der Waals surface area (Å²) in [5.74, 6) is 1.46. The molecule has 1 aromatic carbocycles. The molecule has 3 nitrogen and oxygen atoms in total. The first kappa shape index (κ1) is 15.4. The molecule has 1 amide bonds. The number of hydrogen-bond donors (Lipinski definition) is 2. The summed E-state index contributed by atoms with van der Waals surface area (Å²) in [4.78, 5) is 13.5. The highest BCUT2D eigenvalue weighted by atomic mass is 32.2. The zero-order chi connectivity index (χ0) is 14.4. The number of carbonyl (C=O) groups is 1. The van der Waals surface area contributed by atoms with Crippen molar-refractivity contribution < 1.29 is 4.79 Å². The van der Waals surface area contributed by atoms with Crippen molar-refractivity contribution in [3.63, 3.8) is 0 Å². The van der Waals surface area contributed by atoms with Crippen molar-refractivity contribution in [1.29, 1.82) is 0 Å². The average molecular weight is 292 g/mol. The number of nitrogens with one attached hydrogen (secondary N) is 1. The molecule has 0 heterocycles. The largest absolute Gasteiger partial charge is 0.354 e. The third-order valence-electron chi connectivity index (χ3n) is 3.88. The van der Waals surface area contributed by atoms with E-state index in [0.29, 0.717) is 12.5 Å². The van der Waals surface area contributed by atoms with E-state index >= 15 is 0 Å². The molecular formula is C16H24N2OS. The van der Waals surface area contributed by atoms with E-state index in [2.05, 4.69) is 24.4 Å². The number of carbonyl (C=O) groups excluding carboxylic acids is 1. The summed E-state index contributed by atoms with van der Waals surface area (Å²) in [5, 5.41) is 3.00. The van der Waals surface area contributed by atoms with Crippen molar-refractivity contribution in [3.05, 3.63) is 30.3 Å². The van der Waals surface area contributed by atoms with Crippen molar-refractivity contribution in [2.45, 2.75) is 43.0 Å². The molecule has 1 aliphatic rings. The van der Waals surface area contributed by atoms with Crippen LogP contribution in [-0.4, -0.2) is 23.7 Å². The minimum atomic E-state index is -0.644. The van der Waals surface area contributed by atoms with Gasteiger partial charge in [0.25, 0.3) is 0 Å². The predicted molar refractivity (Wildman–Crippen MR) is 84.7 cm³/mol. The van der Waals surface area contributed by atoms with Gasteiger partial charge in [-0.2, -0.15) is 0 Å². The van der Waals surface area contributed by atoms with Crippen molar-refractivity contribution in [3.8, 4) is 0 Å². The van der Waals surface area contributed by atoms with E-state index in [1.165, 1.54) is 11.3 Å². The summed E-state index contributed by atoms with van der Waals surface area (Å²) in [5.41, 5.74) is 5.62. The van der Waals surface area contributed by atoms with Gasteiger partial charge in [0, 0.05) is 17.2 Å². The molecule has 0 bridgehead atoms. The van der Waals surface area contributed by atoms with Crippen LogP contribution in [0.3, 0.4) is 0 Å². The Morgan fingerprint density at radius 1 is 1.45 bits per heavy atom. The third-order valence-corrected chi connectivity index (χ3v) is 4.90. The van der Waals surface area contributed by atoms with Gasteiger partial charge in [0.2, 0.25) is 5.91 Å². The molecule has 0 spiro atoms. The normalized spacial score (nSPS) is 26.2. The summed E-state index contributed by atoms with van der Waals surface area (Å²) < 4.78 is 0. The topological polar surface area (TPSA) is 55.1 Å². The Kier molecular flexibility index (Phi) is 5.49. The van der Waals surface area contributed by atoms with Gasteiger partial charge in [0.15, 0.2) is 0 Å². The number of amides is 1. The molecule has 0 aliphatic heterocycles. The highest BCUT2D eigenvalue weighted by Crippen LogP contribution is 2.30.